The Balaban J connectivity index is 0.000000339. The van der Waals surface area contributed by atoms with E-state index in [0.717, 1.165) is 32.5 Å². The van der Waals surface area contributed by atoms with E-state index in [1.165, 1.54) is 10.2 Å². The van der Waals surface area contributed by atoms with E-state index in [2.05, 4.69) is 29.1 Å². The summed E-state index contributed by atoms with van der Waals surface area (Å²) in [4.78, 5) is 25.7. The molecule has 0 bridgehead atoms. The molecule has 4 rings (SSSR count). The Kier molecular flexibility index (Phi) is 6.21. The van der Waals surface area contributed by atoms with Gasteiger partial charge in [0.25, 0.3) is 5.56 Å². The van der Waals surface area contributed by atoms with Gasteiger partial charge in [0.1, 0.15) is 5.69 Å². The topological polar surface area (TPSA) is 85.1 Å². The van der Waals surface area contributed by atoms with Crippen molar-refractivity contribution < 1.29 is 23.1 Å². The number of halogens is 3. The molecule has 0 fully saturated rings. The van der Waals surface area contributed by atoms with Crippen LogP contribution in [-0.2, 0) is 11.8 Å². The number of benzene rings is 1. The van der Waals surface area contributed by atoms with Crippen LogP contribution in [0.2, 0.25) is 0 Å². The molecule has 1 N–H and O–H groups in total. The molecule has 4 aromatic rings. The minimum Gasteiger partial charge on any atom is -0.475 e. The highest BCUT2D eigenvalue weighted by Gasteiger charge is 2.38. The molecule has 0 spiro atoms. The van der Waals surface area contributed by atoms with Crippen LogP contribution in [0.3, 0.4) is 0 Å². The van der Waals surface area contributed by atoms with E-state index in [9.17, 15) is 18.0 Å². The number of aromatic nitrogens is 3. The Bertz CT molecular complexity index is 1280. The predicted molar refractivity (Wildman–Crippen MR) is 112 cm³/mol. The summed E-state index contributed by atoms with van der Waals surface area (Å²) in [5, 5.41) is 14.4. The molecule has 6 nitrogen and oxygen atoms in total. The van der Waals surface area contributed by atoms with Gasteiger partial charge in [-0.2, -0.15) is 18.3 Å². The van der Waals surface area contributed by atoms with Gasteiger partial charge < -0.3 is 5.11 Å². The maximum Gasteiger partial charge on any atom is 0.490 e. The van der Waals surface area contributed by atoms with E-state index in [1.807, 2.05) is 29.6 Å². The predicted octanol–water partition coefficient (Wildman–Crippen LogP) is 4.67. The second-order valence-electron chi connectivity index (χ2n) is 6.54. The van der Waals surface area contributed by atoms with E-state index in [-0.39, 0.29) is 5.56 Å². The summed E-state index contributed by atoms with van der Waals surface area (Å²) in [6.07, 6.45) is -1.60. The number of thiophene rings is 1. The fourth-order valence-corrected chi connectivity index (χ4v) is 3.87. The van der Waals surface area contributed by atoms with E-state index in [0.29, 0.717) is 0 Å². The number of hydrogen-bond acceptors (Lipinski definition) is 5. The molecule has 0 aliphatic rings. The molecule has 3 heterocycles. The molecular weight excluding hydrogens is 431 g/mol. The number of aliphatic carboxylic acids is 1. The van der Waals surface area contributed by atoms with Gasteiger partial charge in [-0.3, -0.25) is 9.78 Å². The Hall–Kier alpha value is -3.53. The summed E-state index contributed by atoms with van der Waals surface area (Å²) in [5.74, 6) is -2.76. The smallest absolute Gasteiger partial charge is 0.475 e. The SMILES string of the molecule is Cc1ccc(-c2nn(C)c(=O)c3c(-c4ccncc4)csc23)cc1.O=C(O)C(F)(F)F. The van der Waals surface area contributed by atoms with Crippen molar-refractivity contribution in [3.8, 4) is 22.4 Å². The largest absolute Gasteiger partial charge is 0.490 e. The first-order valence-corrected chi connectivity index (χ1v) is 9.73. The molecule has 0 aliphatic carbocycles. The number of carboxylic acid groups (broad SMARTS) is 1. The lowest BCUT2D eigenvalue weighted by molar-refractivity contribution is -0.192. The third-order valence-corrected chi connectivity index (χ3v) is 5.31. The number of aryl methyl sites for hydroxylation is 2. The molecule has 0 unspecified atom stereocenters. The summed E-state index contributed by atoms with van der Waals surface area (Å²) in [7, 11) is 1.70. The molecule has 160 valence electrons. The third-order valence-electron chi connectivity index (χ3n) is 4.32. The first-order valence-electron chi connectivity index (χ1n) is 8.85. The fraction of sp³-hybridized carbons (Fsp3) is 0.143. The van der Waals surface area contributed by atoms with Gasteiger partial charge in [-0.25, -0.2) is 9.48 Å². The Morgan fingerprint density at radius 2 is 1.65 bits per heavy atom. The number of pyridine rings is 1. The second-order valence-corrected chi connectivity index (χ2v) is 7.42. The van der Waals surface area contributed by atoms with Crippen molar-refractivity contribution in [2.24, 2.45) is 7.05 Å². The number of fused-ring (bicyclic) bond motifs is 1. The molecule has 0 radical (unpaired) electrons. The maximum atomic E-state index is 12.7. The van der Waals surface area contributed by atoms with Crippen LogP contribution in [0.5, 0.6) is 0 Å². The van der Waals surface area contributed by atoms with Gasteiger partial charge in [-0.1, -0.05) is 29.8 Å². The van der Waals surface area contributed by atoms with Crippen LogP contribution < -0.4 is 5.56 Å². The number of carbonyl (C=O) groups is 1. The molecule has 0 amide bonds. The normalized spacial score (nSPS) is 11.1. The maximum absolute atomic E-state index is 12.7. The number of carboxylic acids is 1. The van der Waals surface area contributed by atoms with Gasteiger partial charge in [0, 0.05) is 35.9 Å². The fourth-order valence-electron chi connectivity index (χ4n) is 2.79. The summed E-state index contributed by atoms with van der Waals surface area (Å²) in [5.41, 5.74) is 4.92. The van der Waals surface area contributed by atoms with Crippen molar-refractivity contribution in [1.82, 2.24) is 14.8 Å². The molecule has 31 heavy (non-hydrogen) atoms. The summed E-state index contributed by atoms with van der Waals surface area (Å²) >= 11 is 1.56. The highest BCUT2D eigenvalue weighted by Crippen LogP contribution is 2.36. The van der Waals surface area contributed by atoms with Gasteiger partial charge in [0.2, 0.25) is 0 Å². The summed E-state index contributed by atoms with van der Waals surface area (Å²) in [6, 6.07) is 12.1. The monoisotopic (exact) mass is 447 g/mol. The van der Waals surface area contributed by atoms with Crippen molar-refractivity contribution in [3.05, 3.63) is 70.1 Å². The molecule has 0 saturated carbocycles. The lowest BCUT2D eigenvalue weighted by Gasteiger charge is -2.07. The zero-order chi connectivity index (χ0) is 22.8. The van der Waals surface area contributed by atoms with Crippen LogP contribution in [0.4, 0.5) is 13.2 Å². The molecule has 3 aromatic heterocycles. The van der Waals surface area contributed by atoms with Crippen molar-refractivity contribution in [1.29, 1.82) is 0 Å². The Labute approximate surface area is 178 Å². The van der Waals surface area contributed by atoms with Crippen LogP contribution >= 0.6 is 11.3 Å². The van der Waals surface area contributed by atoms with Crippen molar-refractivity contribution in [2.75, 3.05) is 0 Å². The van der Waals surface area contributed by atoms with Crippen molar-refractivity contribution in [2.45, 2.75) is 13.1 Å². The number of hydrogen-bond donors (Lipinski definition) is 1. The lowest BCUT2D eigenvalue weighted by Crippen LogP contribution is -2.21. The number of rotatable bonds is 2. The average Bonchev–Trinajstić information content (AvgIpc) is 3.17. The van der Waals surface area contributed by atoms with Gasteiger partial charge in [0.15, 0.2) is 0 Å². The van der Waals surface area contributed by atoms with Crippen LogP contribution in [0.1, 0.15) is 5.56 Å². The Morgan fingerprint density at radius 1 is 1.06 bits per heavy atom. The Morgan fingerprint density at radius 3 is 2.19 bits per heavy atom. The second kappa shape index (κ2) is 8.68. The molecule has 0 atom stereocenters. The highest BCUT2D eigenvalue weighted by molar-refractivity contribution is 7.18. The molecule has 1 aromatic carbocycles. The molecule has 10 heteroatoms. The molecule has 0 aliphatic heterocycles. The third kappa shape index (κ3) is 4.80. The van der Waals surface area contributed by atoms with Crippen molar-refractivity contribution in [3.63, 3.8) is 0 Å². The first-order chi connectivity index (χ1) is 14.6. The van der Waals surface area contributed by atoms with Crippen LogP contribution in [-0.4, -0.2) is 32.0 Å². The minimum atomic E-state index is -5.08. The van der Waals surface area contributed by atoms with Gasteiger partial charge in [0.05, 0.1) is 10.1 Å². The minimum absolute atomic E-state index is 0.0751. The molecular formula is C21H16F3N3O3S. The summed E-state index contributed by atoms with van der Waals surface area (Å²) < 4.78 is 34.1. The number of alkyl halides is 3. The van der Waals surface area contributed by atoms with Gasteiger partial charge in [-0.15, -0.1) is 11.3 Å². The zero-order valence-electron chi connectivity index (χ0n) is 16.3. The van der Waals surface area contributed by atoms with Crippen LogP contribution in [0.15, 0.2) is 59.0 Å². The standard InChI is InChI=1S/C19H15N3OS.C2HF3O2/c1-12-3-5-14(6-4-12)17-18-16(19(23)22(2)21-17)15(11-24-18)13-7-9-20-10-8-13;3-2(4,5)1(6)7/h3-11H,1-2H3;(H,6,7). The first kappa shape index (κ1) is 22.2. The van der Waals surface area contributed by atoms with E-state index < -0.39 is 12.1 Å². The zero-order valence-corrected chi connectivity index (χ0v) is 17.2. The lowest BCUT2D eigenvalue weighted by atomic mass is 10.0. The quantitative estimate of drug-likeness (QED) is 0.483. The van der Waals surface area contributed by atoms with Gasteiger partial charge >= 0.3 is 12.1 Å². The van der Waals surface area contributed by atoms with E-state index in [4.69, 9.17) is 9.90 Å². The van der Waals surface area contributed by atoms with Crippen LogP contribution in [0.25, 0.3) is 32.5 Å². The highest BCUT2D eigenvalue weighted by atomic mass is 32.1. The van der Waals surface area contributed by atoms with E-state index >= 15 is 0 Å². The van der Waals surface area contributed by atoms with Crippen LogP contribution in [0, 0.1) is 6.92 Å². The average molecular weight is 447 g/mol. The number of nitrogens with zero attached hydrogens (tertiary/aromatic N) is 3. The summed E-state index contributed by atoms with van der Waals surface area (Å²) in [6.45, 7) is 2.06. The van der Waals surface area contributed by atoms with E-state index in [1.54, 1.807) is 30.8 Å². The van der Waals surface area contributed by atoms with Gasteiger partial charge in [-0.05, 0) is 24.6 Å². The van der Waals surface area contributed by atoms with Crippen molar-refractivity contribution >= 4 is 27.4 Å². The molecule has 0 saturated heterocycles.